The van der Waals surface area contributed by atoms with E-state index in [1.54, 1.807) is 18.2 Å². The van der Waals surface area contributed by atoms with Crippen molar-refractivity contribution < 1.29 is 8.83 Å². The van der Waals surface area contributed by atoms with Crippen molar-refractivity contribution >= 4 is 49.2 Å². The number of nitriles is 2. The molecule has 5 aromatic rings. The van der Waals surface area contributed by atoms with Crippen LogP contribution in [0.5, 0.6) is 0 Å². The Balaban J connectivity index is 2.30. The lowest BCUT2D eigenvalue weighted by Crippen LogP contribution is -2.12. The molecule has 0 fully saturated rings. The Morgan fingerprint density at radius 3 is 2.29 bits per heavy atom. The molecule has 28 heavy (non-hydrogen) atoms. The summed E-state index contributed by atoms with van der Waals surface area (Å²) in [4.78, 5) is 28.0. The molecule has 0 aliphatic carbocycles. The van der Waals surface area contributed by atoms with Crippen LogP contribution in [-0.2, 0) is 0 Å². The second-order valence-corrected chi connectivity index (χ2v) is 6.19. The van der Waals surface area contributed by atoms with Crippen molar-refractivity contribution in [2.45, 2.75) is 0 Å². The van der Waals surface area contributed by atoms with Crippen molar-refractivity contribution in [2.75, 3.05) is 0 Å². The molecule has 0 amide bonds. The van der Waals surface area contributed by atoms with Gasteiger partial charge in [0.1, 0.15) is 11.2 Å². The van der Waals surface area contributed by atoms with Crippen molar-refractivity contribution in [1.29, 1.82) is 10.5 Å². The van der Waals surface area contributed by atoms with Crippen LogP contribution < -0.4 is 11.3 Å². The monoisotopic (exact) mass is 363 g/mol. The summed E-state index contributed by atoms with van der Waals surface area (Å²) in [5.74, 6) is 0. The van der Waals surface area contributed by atoms with E-state index < -0.39 is 11.3 Å². The maximum Gasteiger partial charge on any atom is 0.346 e. The number of fused-ring (bicyclic) bond motifs is 2. The summed E-state index contributed by atoms with van der Waals surface area (Å²) in [7, 11) is 0. The molecule has 0 aliphatic rings. The van der Waals surface area contributed by atoms with Gasteiger partial charge in [-0.3, -0.25) is 0 Å². The van der Waals surface area contributed by atoms with Gasteiger partial charge in [-0.05, 0) is 30.3 Å². The minimum absolute atomic E-state index is 0.0612. The second kappa shape index (κ2) is 5.17. The highest BCUT2D eigenvalue weighted by atomic mass is 16.4. The summed E-state index contributed by atoms with van der Waals surface area (Å²) in [6.45, 7) is 7.47. The van der Waals surface area contributed by atoms with Crippen LogP contribution in [0, 0.1) is 29.2 Å². The summed E-state index contributed by atoms with van der Waals surface area (Å²) < 4.78 is 10.7. The summed E-state index contributed by atoms with van der Waals surface area (Å²) in [5.41, 5.74) is -0.604. The van der Waals surface area contributed by atoms with Crippen LogP contribution in [0.1, 0.15) is 11.1 Å². The molecule has 0 bridgehead atoms. The molecule has 0 saturated carbocycles. The highest BCUT2D eigenvalue weighted by molar-refractivity contribution is 6.29. The van der Waals surface area contributed by atoms with Gasteiger partial charge in [-0.1, -0.05) is 0 Å². The van der Waals surface area contributed by atoms with Crippen molar-refractivity contribution in [2.24, 2.45) is 0 Å². The van der Waals surface area contributed by atoms with Crippen LogP contribution in [0.15, 0.2) is 48.8 Å². The number of nitrogens with zero attached hydrogens (tertiary/aromatic N) is 3. The SMILES string of the molecule is [C-]#[N+]c1cc2c(=O)oc(=O)c3cc(C#N)c4c5cc(C#N)ccc5oc1c4c23. The third kappa shape index (κ3) is 1.78. The van der Waals surface area contributed by atoms with Crippen LogP contribution in [0.3, 0.4) is 0 Å². The normalized spacial score (nSPS) is 11.0. The zero-order valence-corrected chi connectivity index (χ0v) is 13.9. The highest BCUT2D eigenvalue weighted by Gasteiger charge is 2.23. The number of hydrogen-bond donors (Lipinski definition) is 0. The van der Waals surface area contributed by atoms with Crippen molar-refractivity contribution in [1.82, 2.24) is 0 Å². The highest BCUT2D eigenvalue weighted by Crippen LogP contribution is 2.43. The molecular weight excluding hydrogens is 358 g/mol. The summed E-state index contributed by atoms with van der Waals surface area (Å²) in [5, 5.41) is 20.6. The maximum absolute atomic E-state index is 12.3. The van der Waals surface area contributed by atoms with E-state index in [9.17, 15) is 20.1 Å². The first kappa shape index (κ1) is 15.6. The first-order chi connectivity index (χ1) is 13.6. The minimum atomic E-state index is -0.862. The topological polar surface area (TPSA) is 112 Å². The number of hydrogen-bond acceptors (Lipinski definition) is 6. The molecule has 0 aliphatic heterocycles. The minimum Gasteiger partial charge on any atom is -0.467 e. The Labute approximate surface area is 155 Å². The Morgan fingerprint density at radius 1 is 0.857 bits per heavy atom. The van der Waals surface area contributed by atoms with Crippen molar-refractivity contribution in [3.8, 4) is 12.1 Å². The predicted octanol–water partition coefficient (Wildman–Crippen LogP) is 3.94. The molecule has 7 nitrogen and oxygen atoms in total. The second-order valence-electron chi connectivity index (χ2n) is 6.19. The summed E-state index contributed by atoms with van der Waals surface area (Å²) in [6, 6.07) is 11.5. The molecule has 0 atom stereocenters. The van der Waals surface area contributed by atoms with Crippen LogP contribution >= 0.6 is 0 Å². The fourth-order valence-electron chi connectivity index (χ4n) is 3.66. The van der Waals surface area contributed by atoms with Crippen LogP contribution in [0.2, 0.25) is 0 Å². The van der Waals surface area contributed by atoms with Crippen LogP contribution in [0.4, 0.5) is 5.69 Å². The molecule has 0 saturated heterocycles. The fraction of sp³-hybridized carbons (Fsp3) is 0. The Hall–Kier alpha value is -4.67. The molecule has 0 unspecified atom stereocenters. The standard InChI is InChI=1S/C21H5N3O4/c1-24-14-6-13-17-12(20(25)28-21(13)26)5-10(8-23)16-11-4-9(7-22)2-3-15(11)27-19(14)18(16)17/h2-6H. The van der Waals surface area contributed by atoms with Crippen molar-refractivity contribution in [3.05, 3.63) is 73.7 Å². The van der Waals surface area contributed by atoms with E-state index in [0.29, 0.717) is 27.3 Å². The lowest BCUT2D eigenvalue weighted by atomic mass is 9.92. The molecule has 128 valence electrons. The van der Waals surface area contributed by atoms with E-state index in [4.69, 9.17) is 15.4 Å². The first-order valence-electron chi connectivity index (χ1n) is 8.01. The van der Waals surface area contributed by atoms with Gasteiger partial charge < -0.3 is 8.83 Å². The van der Waals surface area contributed by atoms with Gasteiger partial charge in [-0.25, -0.2) is 14.4 Å². The molecule has 5 rings (SSSR count). The van der Waals surface area contributed by atoms with Crippen molar-refractivity contribution in [3.63, 3.8) is 0 Å². The van der Waals surface area contributed by atoms with Gasteiger partial charge in [0.2, 0.25) is 5.69 Å². The quantitative estimate of drug-likeness (QED) is 0.234. The molecule has 0 radical (unpaired) electrons. The maximum atomic E-state index is 12.3. The molecule has 2 heterocycles. The number of benzene rings is 3. The molecule has 3 aromatic carbocycles. The van der Waals surface area contributed by atoms with Crippen LogP contribution in [0.25, 0.3) is 48.3 Å². The molecule has 0 N–H and O–H groups in total. The molecular formula is C21H5N3O4. The van der Waals surface area contributed by atoms with E-state index in [-0.39, 0.29) is 33.0 Å². The predicted molar refractivity (Wildman–Crippen MR) is 100 cm³/mol. The molecule has 0 spiro atoms. The van der Waals surface area contributed by atoms with Gasteiger partial charge in [0.25, 0.3) is 0 Å². The lowest BCUT2D eigenvalue weighted by Gasteiger charge is -2.13. The largest absolute Gasteiger partial charge is 0.467 e. The Bertz CT molecular complexity index is 1710. The third-order valence-corrected chi connectivity index (χ3v) is 4.79. The zero-order valence-electron chi connectivity index (χ0n) is 13.9. The van der Waals surface area contributed by atoms with Gasteiger partial charge in [-0.15, -0.1) is 0 Å². The average Bonchev–Trinajstić information content (AvgIpc) is 2.72. The van der Waals surface area contributed by atoms with E-state index in [1.165, 1.54) is 12.1 Å². The van der Waals surface area contributed by atoms with E-state index in [0.717, 1.165) is 0 Å². The molecule has 7 heteroatoms. The lowest BCUT2D eigenvalue weighted by molar-refractivity contribution is 0.489. The summed E-state index contributed by atoms with van der Waals surface area (Å²) in [6.07, 6.45) is 0. The Morgan fingerprint density at radius 2 is 1.61 bits per heavy atom. The van der Waals surface area contributed by atoms with E-state index >= 15 is 0 Å². The smallest absolute Gasteiger partial charge is 0.346 e. The fourth-order valence-corrected chi connectivity index (χ4v) is 3.66. The number of rotatable bonds is 0. The van der Waals surface area contributed by atoms with Gasteiger partial charge in [-0.2, -0.15) is 10.5 Å². The zero-order chi connectivity index (χ0) is 19.6. The van der Waals surface area contributed by atoms with Crippen LogP contribution in [-0.4, -0.2) is 0 Å². The molecule has 2 aromatic heterocycles. The van der Waals surface area contributed by atoms with E-state index in [1.807, 2.05) is 6.07 Å². The Kier molecular flexibility index (Phi) is 2.88. The van der Waals surface area contributed by atoms with Gasteiger partial charge in [0.05, 0.1) is 40.6 Å². The van der Waals surface area contributed by atoms with Gasteiger partial charge in [0, 0.05) is 21.5 Å². The first-order valence-corrected chi connectivity index (χ1v) is 8.01. The van der Waals surface area contributed by atoms with Gasteiger partial charge >= 0.3 is 11.3 Å². The van der Waals surface area contributed by atoms with E-state index in [2.05, 4.69) is 10.9 Å². The average molecular weight is 363 g/mol. The summed E-state index contributed by atoms with van der Waals surface area (Å²) >= 11 is 0. The van der Waals surface area contributed by atoms with Gasteiger partial charge in [0.15, 0.2) is 0 Å². The third-order valence-electron chi connectivity index (χ3n) is 4.79.